The zero-order valence-electron chi connectivity index (χ0n) is 12.6. The first kappa shape index (κ1) is 16.8. The second-order valence-corrected chi connectivity index (χ2v) is 4.87. The van der Waals surface area contributed by atoms with E-state index in [2.05, 4.69) is 10.6 Å². The Morgan fingerprint density at radius 1 is 1.38 bits per heavy atom. The minimum Gasteiger partial charge on any atom is -0.495 e. The second kappa shape index (κ2) is 7.49. The molecular weight excluding hydrogens is 274 g/mol. The number of benzene rings is 1. The normalized spacial score (nSPS) is 11.9. The molecule has 0 radical (unpaired) electrons. The van der Waals surface area contributed by atoms with Crippen molar-refractivity contribution in [1.82, 2.24) is 10.2 Å². The number of amides is 2. The lowest BCUT2D eigenvalue weighted by Crippen LogP contribution is -2.40. The fraction of sp³-hybridized carbons (Fsp3) is 0.429. The van der Waals surface area contributed by atoms with Gasteiger partial charge in [-0.1, -0.05) is 0 Å². The molecule has 0 saturated carbocycles. The van der Waals surface area contributed by atoms with Crippen LogP contribution in [-0.4, -0.2) is 55.8 Å². The zero-order valence-corrected chi connectivity index (χ0v) is 12.6. The number of carboxylic acids is 1. The third-order valence-electron chi connectivity index (χ3n) is 3.13. The molecule has 0 aliphatic carbocycles. The summed E-state index contributed by atoms with van der Waals surface area (Å²) in [7, 11) is 5.29. The van der Waals surface area contributed by atoms with Gasteiger partial charge in [0, 0.05) is 12.6 Å². The van der Waals surface area contributed by atoms with E-state index in [1.54, 1.807) is 0 Å². The van der Waals surface area contributed by atoms with Crippen molar-refractivity contribution in [2.45, 2.75) is 13.0 Å². The molecule has 21 heavy (non-hydrogen) atoms. The van der Waals surface area contributed by atoms with Gasteiger partial charge >= 0.3 is 12.0 Å². The Morgan fingerprint density at radius 2 is 2.05 bits per heavy atom. The number of likely N-dealkylation sites (N-methyl/N-ethyl adjacent to an activating group) is 1. The van der Waals surface area contributed by atoms with Crippen LogP contribution in [0.15, 0.2) is 18.2 Å². The molecule has 0 bridgehead atoms. The smallest absolute Gasteiger partial charge is 0.335 e. The van der Waals surface area contributed by atoms with Crippen LogP contribution in [0.1, 0.15) is 17.3 Å². The average Bonchev–Trinajstić information content (AvgIpc) is 2.44. The Hall–Kier alpha value is -2.28. The summed E-state index contributed by atoms with van der Waals surface area (Å²) in [5.41, 5.74) is 0.389. The topological polar surface area (TPSA) is 90.9 Å². The zero-order chi connectivity index (χ0) is 16.0. The lowest BCUT2D eigenvalue weighted by Gasteiger charge is -2.20. The summed E-state index contributed by atoms with van der Waals surface area (Å²) in [5.74, 6) is -0.668. The summed E-state index contributed by atoms with van der Waals surface area (Å²) in [6.45, 7) is 2.45. The summed E-state index contributed by atoms with van der Waals surface area (Å²) in [5, 5.41) is 14.3. The highest BCUT2D eigenvalue weighted by Crippen LogP contribution is 2.25. The SMILES string of the molecule is COc1ccc(C(=O)O)cc1NC(=O)NCC(C)N(C)C. The molecule has 0 aromatic heterocycles. The summed E-state index contributed by atoms with van der Waals surface area (Å²) in [6, 6.07) is 4.04. The van der Waals surface area contributed by atoms with Crippen LogP contribution in [0.3, 0.4) is 0 Å². The van der Waals surface area contributed by atoms with E-state index in [1.165, 1.54) is 25.3 Å². The van der Waals surface area contributed by atoms with Gasteiger partial charge in [0.05, 0.1) is 18.4 Å². The van der Waals surface area contributed by atoms with Gasteiger partial charge in [-0.2, -0.15) is 0 Å². The number of nitrogens with zero attached hydrogens (tertiary/aromatic N) is 1. The molecule has 1 atom stereocenters. The quantitative estimate of drug-likeness (QED) is 0.739. The molecule has 1 rings (SSSR count). The van der Waals surface area contributed by atoms with Gasteiger partial charge in [-0.25, -0.2) is 9.59 Å². The highest BCUT2D eigenvalue weighted by Gasteiger charge is 2.12. The van der Waals surface area contributed by atoms with Crippen LogP contribution in [-0.2, 0) is 0 Å². The first-order valence-electron chi connectivity index (χ1n) is 6.47. The van der Waals surface area contributed by atoms with Crippen molar-refractivity contribution in [2.24, 2.45) is 0 Å². The Labute approximate surface area is 123 Å². The van der Waals surface area contributed by atoms with Crippen molar-refractivity contribution in [3.8, 4) is 5.75 Å². The van der Waals surface area contributed by atoms with E-state index in [0.717, 1.165) is 0 Å². The monoisotopic (exact) mass is 295 g/mol. The molecule has 7 heteroatoms. The highest BCUT2D eigenvalue weighted by molar-refractivity contribution is 5.94. The van der Waals surface area contributed by atoms with Crippen LogP contribution >= 0.6 is 0 Å². The molecule has 0 aliphatic heterocycles. The van der Waals surface area contributed by atoms with E-state index in [-0.39, 0.29) is 11.6 Å². The van der Waals surface area contributed by atoms with Crippen LogP contribution in [0.5, 0.6) is 5.75 Å². The van der Waals surface area contributed by atoms with Crippen molar-refractivity contribution in [3.05, 3.63) is 23.8 Å². The predicted molar refractivity (Wildman–Crippen MR) is 80.1 cm³/mol. The lowest BCUT2D eigenvalue weighted by atomic mass is 10.2. The third kappa shape index (κ3) is 4.96. The van der Waals surface area contributed by atoms with Crippen LogP contribution in [0.25, 0.3) is 0 Å². The molecule has 7 nitrogen and oxygen atoms in total. The van der Waals surface area contributed by atoms with Gasteiger partial charge in [0.25, 0.3) is 0 Å². The summed E-state index contributed by atoms with van der Waals surface area (Å²) < 4.78 is 5.10. The molecule has 1 unspecified atom stereocenters. The molecule has 116 valence electrons. The van der Waals surface area contributed by atoms with E-state index in [1.807, 2.05) is 25.9 Å². The maximum absolute atomic E-state index is 11.8. The van der Waals surface area contributed by atoms with Gasteiger partial charge in [0.1, 0.15) is 5.75 Å². The molecule has 1 aromatic carbocycles. The first-order valence-corrected chi connectivity index (χ1v) is 6.47. The van der Waals surface area contributed by atoms with E-state index < -0.39 is 12.0 Å². The Bertz CT molecular complexity index is 517. The fourth-order valence-electron chi connectivity index (χ4n) is 1.53. The Kier molecular flexibility index (Phi) is 5.98. The molecule has 1 aromatic rings. The molecular formula is C14H21N3O4. The number of aromatic carboxylic acids is 1. The average molecular weight is 295 g/mol. The van der Waals surface area contributed by atoms with Gasteiger partial charge in [-0.05, 0) is 39.2 Å². The summed E-state index contributed by atoms with van der Waals surface area (Å²) in [4.78, 5) is 24.8. The number of nitrogens with one attached hydrogen (secondary N) is 2. The van der Waals surface area contributed by atoms with Gasteiger partial charge in [0.15, 0.2) is 0 Å². The predicted octanol–water partition coefficient (Wildman–Crippen LogP) is 1.47. The number of ether oxygens (including phenoxy) is 1. The summed E-state index contributed by atoms with van der Waals surface area (Å²) >= 11 is 0. The number of anilines is 1. The molecule has 0 saturated heterocycles. The van der Waals surface area contributed by atoms with Gasteiger partial charge in [0.2, 0.25) is 0 Å². The van der Waals surface area contributed by atoms with Crippen LogP contribution < -0.4 is 15.4 Å². The molecule has 0 aliphatic rings. The standard InChI is InChI=1S/C14H21N3O4/c1-9(17(2)3)8-15-14(20)16-11-7-10(13(18)19)5-6-12(11)21-4/h5-7,9H,8H2,1-4H3,(H,18,19)(H2,15,16,20). The van der Waals surface area contributed by atoms with Crippen molar-refractivity contribution in [1.29, 1.82) is 0 Å². The Balaban J connectivity index is 2.74. The number of carboxylic acid groups (broad SMARTS) is 1. The van der Waals surface area contributed by atoms with Gasteiger partial charge in [-0.3, -0.25) is 0 Å². The minimum absolute atomic E-state index is 0.0766. The molecule has 3 N–H and O–H groups in total. The highest BCUT2D eigenvalue weighted by atomic mass is 16.5. The van der Waals surface area contributed by atoms with Gasteiger partial charge < -0.3 is 25.4 Å². The van der Waals surface area contributed by atoms with Gasteiger partial charge in [-0.15, -0.1) is 0 Å². The minimum atomic E-state index is -1.07. The number of rotatable bonds is 6. The molecule has 0 fully saturated rings. The summed E-state index contributed by atoms with van der Waals surface area (Å²) in [6.07, 6.45) is 0. The van der Waals surface area contributed by atoms with E-state index in [0.29, 0.717) is 18.0 Å². The molecule has 2 amide bonds. The largest absolute Gasteiger partial charge is 0.495 e. The Morgan fingerprint density at radius 3 is 2.57 bits per heavy atom. The second-order valence-electron chi connectivity index (χ2n) is 4.87. The number of methoxy groups -OCH3 is 1. The molecule has 0 heterocycles. The number of carbonyl (C=O) groups excluding carboxylic acids is 1. The molecule has 0 spiro atoms. The third-order valence-corrected chi connectivity index (χ3v) is 3.13. The van der Waals surface area contributed by atoms with Crippen molar-refractivity contribution in [3.63, 3.8) is 0 Å². The van der Waals surface area contributed by atoms with E-state index in [9.17, 15) is 9.59 Å². The van der Waals surface area contributed by atoms with Crippen molar-refractivity contribution >= 4 is 17.7 Å². The maximum Gasteiger partial charge on any atom is 0.335 e. The number of hydrogen-bond donors (Lipinski definition) is 3. The number of carbonyl (C=O) groups is 2. The number of urea groups is 1. The van der Waals surface area contributed by atoms with E-state index in [4.69, 9.17) is 9.84 Å². The fourth-order valence-corrected chi connectivity index (χ4v) is 1.53. The van der Waals surface area contributed by atoms with Crippen LogP contribution in [0.4, 0.5) is 10.5 Å². The van der Waals surface area contributed by atoms with Crippen molar-refractivity contribution < 1.29 is 19.4 Å². The van der Waals surface area contributed by atoms with E-state index >= 15 is 0 Å². The van der Waals surface area contributed by atoms with Crippen LogP contribution in [0, 0.1) is 0 Å². The first-order chi connectivity index (χ1) is 9.85. The maximum atomic E-state index is 11.8. The number of hydrogen-bond acceptors (Lipinski definition) is 4. The lowest BCUT2D eigenvalue weighted by molar-refractivity contribution is 0.0697. The van der Waals surface area contributed by atoms with Crippen molar-refractivity contribution in [2.75, 3.05) is 33.1 Å². The van der Waals surface area contributed by atoms with Crippen LogP contribution in [0.2, 0.25) is 0 Å².